The topological polar surface area (TPSA) is 71.4 Å². The van der Waals surface area contributed by atoms with Crippen molar-refractivity contribution in [3.8, 4) is 0 Å². The van der Waals surface area contributed by atoms with Crippen molar-refractivity contribution in [2.45, 2.75) is 19.3 Å². The van der Waals surface area contributed by atoms with Gasteiger partial charge >= 0.3 is 5.97 Å². The van der Waals surface area contributed by atoms with E-state index < -0.39 is 15.8 Å². The first kappa shape index (κ1) is 13.1. The lowest BCUT2D eigenvalue weighted by atomic mass is 9.94. The molecule has 0 atom stereocenters. The molecular formula is C13H16O4S. The second-order valence-electron chi connectivity index (χ2n) is 4.80. The molecule has 1 aliphatic heterocycles. The Balaban J connectivity index is 1.96. The van der Waals surface area contributed by atoms with Gasteiger partial charge in [-0.05, 0) is 42.9 Å². The van der Waals surface area contributed by atoms with E-state index in [0.29, 0.717) is 18.8 Å². The van der Waals surface area contributed by atoms with Gasteiger partial charge in [0.05, 0.1) is 17.1 Å². The summed E-state index contributed by atoms with van der Waals surface area (Å²) < 4.78 is 22.6. The van der Waals surface area contributed by atoms with Gasteiger partial charge < -0.3 is 5.11 Å². The number of carbonyl (C=O) groups is 1. The fraction of sp³-hybridized carbons (Fsp3) is 0.462. The molecule has 0 bridgehead atoms. The molecule has 1 heterocycles. The summed E-state index contributed by atoms with van der Waals surface area (Å²) in [6.07, 6.45) is 2.25. The summed E-state index contributed by atoms with van der Waals surface area (Å²) in [5.74, 6) is 0.0324. The molecule has 0 unspecified atom stereocenters. The largest absolute Gasteiger partial charge is 0.478 e. The Kier molecular flexibility index (Phi) is 3.71. The molecule has 18 heavy (non-hydrogen) atoms. The van der Waals surface area contributed by atoms with E-state index in [2.05, 4.69) is 0 Å². The normalized spacial score (nSPS) is 19.6. The highest BCUT2D eigenvalue weighted by molar-refractivity contribution is 7.91. The van der Waals surface area contributed by atoms with Crippen LogP contribution in [0.5, 0.6) is 0 Å². The highest BCUT2D eigenvalue weighted by Gasteiger charge is 2.23. The first-order valence-electron chi connectivity index (χ1n) is 5.99. The maximum absolute atomic E-state index is 11.3. The van der Waals surface area contributed by atoms with Crippen molar-refractivity contribution in [1.29, 1.82) is 0 Å². The number of sulfone groups is 1. The second kappa shape index (κ2) is 5.10. The number of hydrogen-bond donors (Lipinski definition) is 1. The van der Waals surface area contributed by atoms with E-state index in [0.717, 1.165) is 12.0 Å². The number of carboxylic acid groups (broad SMARTS) is 1. The molecule has 0 spiro atoms. The van der Waals surface area contributed by atoms with E-state index in [1.54, 1.807) is 12.1 Å². The van der Waals surface area contributed by atoms with Crippen molar-refractivity contribution in [2.24, 2.45) is 5.92 Å². The highest BCUT2D eigenvalue weighted by atomic mass is 32.2. The van der Waals surface area contributed by atoms with Gasteiger partial charge in [0.15, 0.2) is 0 Å². The smallest absolute Gasteiger partial charge is 0.335 e. The first-order valence-corrected chi connectivity index (χ1v) is 7.81. The Labute approximate surface area is 107 Å². The maximum Gasteiger partial charge on any atom is 0.335 e. The van der Waals surface area contributed by atoms with Crippen LogP contribution >= 0.6 is 0 Å². The Morgan fingerprint density at radius 2 is 1.72 bits per heavy atom. The number of benzene rings is 1. The summed E-state index contributed by atoms with van der Waals surface area (Å²) in [5, 5.41) is 8.79. The predicted octanol–water partition coefficient (Wildman–Crippen LogP) is 1.75. The summed E-state index contributed by atoms with van der Waals surface area (Å²) >= 11 is 0. The van der Waals surface area contributed by atoms with E-state index in [1.165, 1.54) is 0 Å². The van der Waals surface area contributed by atoms with E-state index in [-0.39, 0.29) is 17.1 Å². The standard InChI is InChI=1S/C13H16O4S/c14-13(15)12-3-1-10(2-4-12)9-11-5-7-18(16,17)8-6-11/h1-4,11H,5-9H2,(H,14,15). The SMILES string of the molecule is O=C(O)c1ccc(CC2CCS(=O)(=O)CC2)cc1. The van der Waals surface area contributed by atoms with E-state index in [4.69, 9.17) is 5.11 Å². The first-order chi connectivity index (χ1) is 8.46. The van der Waals surface area contributed by atoms with Gasteiger partial charge in [-0.1, -0.05) is 12.1 Å². The summed E-state index contributed by atoms with van der Waals surface area (Å²) in [5.41, 5.74) is 1.36. The van der Waals surface area contributed by atoms with Gasteiger partial charge in [0.25, 0.3) is 0 Å². The minimum Gasteiger partial charge on any atom is -0.478 e. The second-order valence-corrected chi connectivity index (χ2v) is 7.11. The van der Waals surface area contributed by atoms with Gasteiger partial charge in [0, 0.05) is 0 Å². The molecule has 1 N–H and O–H groups in total. The van der Waals surface area contributed by atoms with Gasteiger partial charge in [-0.2, -0.15) is 0 Å². The lowest BCUT2D eigenvalue weighted by molar-refractivity contribution is 0.0697. The molecule has 1 fully saturated rings. The van der Waals surface area contributed by atoms with Crippen LogP contribution in [0.1, 0.15) is 28.8 Å². The minimum atomic E-state index is -2.80. The molecule has 0 amide bonds. The van der Waals surface area contributed by atoms with Crippen LogP contribution in [0.15, 0.2) is 24.3 Å². The summed E-state index contributed by atoms with van der Waals surface area (Å²) in [6.45, 7) is 0. The van der Waals surface area contributed by atoms with Gasteiger partial charge in [0.2, 0.25) is 0 Å². The zero-order chi connectivity index (χ0) is 13.2. The molecule has 1 saturated heterocycles. The van der Waals surface area contributed by atoms with Crippen LogP contribution in [-0.2, 0) is 16.3 Å². The van der Waals surface area contributed by atoms with Crippen LogP contribution in [0.25, 0.3) is 0 Å². The van der Waals surface area contributed by atoms with E-state index in [1.807, 2.05) is 12.1 Å². The summed E-state index contributed by atoms with van der Waals surface area (Å²) in [4.78, 5) is 10.7. The van der Waals surface area contributed by atoms with Crippen LogP contribution in [0.3, 0.4) is 0 Å². The monoisotopic (exact) mass is 268 g/mol. The van der Waals surface area contributed by atoms with Crippen molar-refractivity contribution < 1.29 is 18.3 Å². The molecule has 5 heteroatoms. The number of hydrogen-bond acceptors (Lipinski definition) is 3. The van der Waals surface area contributed by atoms with Gasteiger partial charge in [-0.3, -0.25) is 0 Å². The highest BCUT2D eigenvalue weighted by Crippen LogP contribution is 2.23. The maximum atomic E-state index is 11.3. The molecule has 4 nitrogen and oxygen atoms in total. The Morgan fingerprint density at radius 3 is 2.22 bits per heavy atom. The van der Waals surface area contributed by atoms with Crippen molar-refractivity contribution >= 4 is 15.8 Å². The molecule has 1 aromatic carbocycles. The third kappa shape index (κ3) is 3.32. The van der Waals surface area contributed by atoms with Crippen molar-refractivity contribution in [3.63, 3.8) is 0 Å². The summed E-state index contributed by atoms with van der Waals surface area (Å²) in [7, 11) is -2.80. The quantitative estimate of drug-likeness (QED) is 0.906. The number of rotatable bonds is 3. The molecule has 1 aromatic rings. The van der Waals surface area contributed by atoms with Crippen LogP contribution < -0.4 is 0 Å². The molecule has 0 aromatic heterocycles. The fourth-order valence-corrected chi connectivity index (χ4v) is 3.85. The molecule has 1 aliphatic rings. The molecule has 98 valence electrons. The number of carboxylic acids is 1. The van der Waals surface area contributed by atoms with Crippen molar-refractivity contribution in [2.75, 3.05) is 11.5 Å². The van der Waals surface area contributed by atoms with Crippen LogP contribution in [0.4, 0.5) is 0 Å². The zero-order valence-corrected chi connectivity index (χ0v) is 10.8. The molecule has 0 aliphatic carbocycles. The fourth-order valence-electron chi connectivity index (χ4n) is 2.26. The van der Waals surface area contributed by atoms with Gasteiger partial charge in [-0.15, -0.1) is 0 Å². The van der Waals surface area contributed by atoms with Crippen molar-refractivity contribution in [1.82, 2.24) is 0 Å². The third-order valence-corrected chi connectivity index (χ3v) is 5.11. The van der Waals surface area contributed by atoms with Crippen LogP contribution in [-0.4, -0.2) is 31.0 Å². The molecule has 0 saturated carbocycles. The molecule has 2 rings (SSSR count). The zero-order valence-electron chi connectivity index (χ0n) is 10.0. The average Bonchev–Trinajstić information content (AvgIpc) is 2.33. The lowest BCUT2D eigenvalue weighted by Gasteiger charge is -2.21. The Hall–Kier alpha value is -1.36. The third-order valence-electron chi connectivity index (χ3n) is 3.40. The van der Waals surface area contributed by atoms with Gasteiger partial charge in [-0.25, -0.2) is 13.2 Å². The predicted molar refractivity (Wildman–Crippen MR) is 68.5 cm³/mol. The molecule has 0 radical (unpaired) electrons. The van der Waals surface area contributed by atoms with E-state index >= 15 is 0 Å². The molecular weight excluding hydrogens is 252 g/mol. The summed E-state index contributed by atoms with van der Waals surface area (Å²) in [6, 6.07) is 6.81. The lowest BCUT2D eigenvalue weighted by Crippen LogP contribution is -2.24. The van der Waals surface area contributed by atoms with E-state index in [9.17, 15) is 13.2 Å². The Morgan fingerprint density at radius 1 is 1.17 bits per heavy atom. The van der Waals surface area contributed by atoms with Crippen molar-refractivity contribution in [3.05, 3.63) is 35.4 Å². The van der Waals surface area contributed by atoms with Crippen LogP contribution in [0, 0.1) is 5.92 Å². The average molecular weight is 268 g/mol. The van der Waals surface area contributed by atoms with Crippen LogP contribution in [0.2, 0.25) is 0 Å². The Bertz CT molecular complexity index is 517. The van der Waals surface area contributed by atoms with Gasteiger partial charge in [0.1, 0.15) is 9.84 Å². The minimum absolute atomic E-state index is 0.282. The number of aromatic carboxylic acids is 1.